The van der Waals surface area contributed by atoms with Crippen LogP contribution in [0.25, 0.3) is 21.7 Å². The zero-order valence-corrected chi connectivity index (χ0v) is 23.5. The second-order valence-electron chi connectivity index (χ2n) is 8.76. The monoisotopic (exact) mass is 651 g/mol. The molecule has 5 aromatic rings. The highest BCUT2D eigenvalue weighted by molar-refractivity contribution is 14.1. The molecule has 0 radical (unpaired) electrons. The van der Waals surface area contributed by atoms with Crippen LogP contribution in [0, 0.1) is 3.57 Å². The first-order valence-electron chi connectivity index (χ1n) is 11.6. The zero-order chi connectivity index (χ0) is 25.2. The summed E-state index contributed by atoms with van der Waals surface area (Å²) in [5.41, 5.74) is 2.49. The fraction of sp³-hybridized carbons (Fsp3) is 0.138. The van der Waals surface area contributed by atoms with Crippen molar-refractivity contribution in [2.75, 3.05) is 0 Å². The molecule has 5 nitrogen and oxygen atoms in total. The van der Waals surface area contributed by atoms with Gasteiger partial charge in [0.05, 0.1) is 20.7 Å². The third-order valence-corrected chi connectivity index (χ3v) is 7.23. The summed E-state index contributed by atoms with van der Waals surface area (Å²) in [6.07, 6.45) is 1.69. The van der Waals surface area contributed by atoms with Gasteiger partial charge in [-0.2, -0.15) is 9.78 Å². The summed E-state index contributed by atoms with van der Waals surface area (Å²) in [6.45, 7) is 4.49. The number of nitrogens with zero attached hydrogens (tertiary/aromatic N) is 3. The number of ether oxygens (including phenoxy) is 1. The van der Waals surface area contributed by atoms with E-state index >= 15 is 0 Å². The van der Waals surface area contributed by atoms with Crippen molar-refractivity contribution in [3.63, 3.8) is 0 Å². The summed E-state index contributed by atoms with van der Waals surface area (Å²) in [6, 6.07) is 26.0. The largest absolute Gasteiger partial charge is 0.488 e. The van der Waals surface area contributed by atoms with E-state index in [-0.39, 0.29) is 11.5 Å². The van der Waals surface area contributed by atoms with Crippen molar-refractivity contribution in [1.82, 2.24) is 9.66 Å². The molecule has 36 heavy (non-hydrogen) atoms. The van der Waals surface area contributed by atoms with Crippen LogP contribution in [0.2, 0.25) is 0 Å². The lowest BCUT2D eigenvalue weighted by Crippen LogP contribution is -2.23. The van der Waals surface area contributed by atoms with Crippen molar-refractivity contribution in [2.24, 2.45) is 5.10 Å². The number of halogens is 2. The molecule has 0 unspecified atom stereocenters. The smallest absolute Gasteiger partial charge is 0.282 e. The molecule has 0 saturated heterocycles. The van der Waals surface area contributed by atoms with E-state index in [2.05, 4.69) is 74.0 Å². The third kappa shape index (κ3) is 5.08. The highest BCUT2D eigenvalue weighted by atomic mass is 127. The lowest BCUT2D eigenvalue weighted by Gasteiger charge is -2.12. The first kappa shape index (κ1) is 24.6. The highest BCUT2D eigenvalue weighted by Gasteiger charge is 2.14. The Morgan fingerprint density at radius 2 is 1.83 bits per heavy atom. The molecule has 0 spiro atoms. The van der Waals surface area contributed by atoms with Gasteiger partial charge in [0.1, 0.15) is 18.2 Å². The minimum absolute atomic E-state index is 0.0351. The van der Waals surface area contributed by atoms with E-state index in [1.54, 1.807) is 12.3 Å². The van der Waals surface area contributed by atoms with Gasteiger partial charge in [0, 0.05) is 10.4 Å². The molecule has 5 rings (SSSR count). The summed E-state index contributed by atoms with van der Waals surface area (Å²) in [7, 11) is 0. The Hall–Kier alpha value is -3.04. The van der Waals surface area contributed by atoms with Gasteiger partial charge in [-0.3, -0.25) is 4.79 Å². The van der Waals surface area contributed by atoms with Gasteiger partial charge < -0.3 is 4.74 Å². The van der Waals surface area contributed by atoms with Crippen molar-refractivity contribution in [1.29, 1.82) is 0 Å². The lowest BCUT2D eigenvalue weighted by molar-refractivity contribution is 0.305. The Morgan fingerprint density at radius 1 is 1.03 bits per heavy atom. The normalized spacial score (nSPS) is 11.7. The maximum atomic E-state index is 13.2. The summed E-state index contributed by atoms with van der Waals surface area (Å²) < 4.78 is 9.35. The molecule has 1 heterocycles. The van der Waals surface area contributed by atoms with Gasteiger partial charge in [-0.25, -0.2) is 4.98 Å². The van der Waals surface area contributed by atoms with Crippen molar-refractivity contribution in [2.45, 2.75) is 26.4 Å². The highest BCUT2D eigenvalue weighted by Crippen LogP contribution is 2.25. The maximum Gasteiger partial charge on any atom is 0.282 e. The summed E-state index contributed by atoms with van der Waals surface area (Å²) >= 11 is 5.71. The minimum Gasteiger partial charge on any atom is -0.488 e. The molecule has 0 saturated carbocycles. The number of benzene rings is 4. The average Bonchev–Trinajstić information content (AvgIpc) is 2.87. The van der Waals surface area contributed by atoms with E-state index in [4.69, 9.17) is 9.72 Å². The van der Waals surface area contributed by atoms with E-state index in [0.29, 0.717) is 23.3 Å². The van der Waals surface area contributed by atoms with E-state index in [1.165, 1.54) is 15.4 Å². The average molecular weight is 652 g/mol. The van der Waals surface area contributed by atoms with Crippen LogP contribution in [-0.4, -0.2) is 15.9 Å². The van der Waals surface area contributed by atoms with E-state index in [1.807, 2.05) is 56.3 Å². The van der Waals surface area contributed by atoms with Crippen molar-refractivity contribution >= 4 is 66.4 Å². The molecule has 0 amide bonds. The molecular weight excluding hydrogens is 629 g/mol. The summed E-state index contributed by atoms with van der Waals surface area (Å²) in [5.74, 6) is 1.46. The molecule has 1 aromatic heterocycles. The van der Waals surface area contributed by atoms with Crippen LogP contribution in [0.4, 0.5) is 0 Å². The zero-order valence-electron chi connectivity index (χ0n) is 19.8. The van der Waals surface area contributed by atoms with Crippen LogP contribution in [0.1, 0.15) is 36.7 Å². The van der Waals surface area contributed by atoms with Crippen LogP contribution >= 0.6 is 38.5 Å². The SMILES string of the molecule is CC(C)c1nc2ccc(Br)cc2c(=O)n1N=Cc1ccc(OCc2cccc3ccccc23)c(I)c1. The first-order chi connectivity index (χ1) is 17.4. The topological polar surface area (TPSA) is 56.5 Å². The van der Waals surface area contributed by atoms with Gasteiger partial charge in [-0.1, -0.05) is 72.2 Å². The fourth-order valence-corrected chi connectivity index (χ4v) is 5.12. The van der Waals surface area contributed by atoms with Gasteiger partial charge in [0.2, 0.25) is 0 Å². The molecule has 0 fully saturated rings. The van der Waals surface area contributed by atoms with Gasteiger partial charge >= 0.3 is 0 Å². The van der Waals surface area contributed by atoms with Crippen LogP contribution in [0.15, 0.2) is 93.2 Å². The summed E-state index contributed by atoms with van der Waals surface area (Å²) in [5, 5.41) is 7.45. The van der Waals surface area contributed by atoms with E-state index in [9.17, 15) is 4.79 Å². The Kier molecular flexibility index (Phi) is 7.20. The van der Waals surface area contributed by atoms with Gasteiger partial charge in [0.25, 0.3) is 5.56 Å². The molecule has 0 aliphatic heterocycles. The second-order valence-corrected chi connectivity index (χ2v) is 10.8. The van der Waals surface area contributed by atoms with Gasteiger partial charge in [0.15, 0.2) is 0 Å². The lowest BCUT2D eigenvalue weighted by atomic mass is 10.1. The molecule has 0 atom stereocenters. The number of fused-ring (bicyclic) bond motifs is 2. The maximum absolute atomic E-state index is 13.2. The van der Waals surface area contributed by atoms with Crippen LogP contribution in [0.3, 0.4) is 0 Å². The van der Waals surface area contributed by atoms with Gasteiger partial charge in [-0.15, -0.1) is 0 Å². The molecule has 4 aromatic carbocycles. The second kappa shape index (κ2) is 10.5. The molecule has 180 valence electrons. The molecule has 0 aliphatic rings. The predicted octanol–water partition coefficient (Wildman–Crippen LogP) is 7.50. The standard InChI is InChI=1S/C29H23BrIN3O2/c1-18(2)28-33-26-12-11-22(30)15-24(26)29(35)34(28)32-16-19-10-13-27(25(31)14-19)36-17-21-8-5-7-20-6-3-4-9-23(20)21/h3-16,18H,17H2,1-2H3. The molecular formula is C29H23BrIN3O2. The first-order valence-corrected chi connectivity index (χ1v) is 13.4. The Balaban J connectivity index is 1.41. The van der Waals surface area contributed by atoms with E-state index < -0.39 is 0 Å². The Morgan fingerprint density at radius 3 is 2.64 bits per heavy atom. The van der Waals surface area contributed by atoms with Crippen LogP contribution in [-0.2, 0) is 6.61 Å². The summed E-state index contributed by atoms with van der Waals surface area (Å²) in [4.78, 5) is 17.9. The van der Waals surface area contributed by atoms with Crippen molar-refractivity contribution in [3.8, 4) is 5.75 Å². The third-order valence-electron chi connectivity index (χ3n) is 5.89. The van der Waals surface area contributed by atoms with Crippen LogP contribution in [0.5, 0.6) is 5.75 Å². The predicted molar refractivity (Wildman–Crippen MR) is 158 cm³/mol. The Bertz CT molecular complexity index is 1670. The molecule has 0 aliphatic carbocycles. The van der Waals surface area contributed by atoms with Crippen molar-refractivity contribution < 1.29 is 4.74 Å². The number of hydrogen-bond donors (Lipinski definition) is 0. The number of rotatable bonds is 6. The number of aromatic nitrogens is 2. The quantitative estimate of drug-likeness (QED) is 0.141. The molecule has 7 heteroatoms. The fourth-order valence-electron chi connectivity index (χ4n) is 4.06. The minimum atomic E-state index is -0.189. The molecule has 0 N–H and O–H groups in total. The van der Waals surface area contributed by atoms with E-state index in [0.717, 1.165) is 24.9 Å². The number of hydrogen-bond acceptors (Lipinski definition) is 4. The van der Waals surface area contributed by atoms with Crippen molar-refractivity contribution in [3.05, 3.63) is 114 Å². The van der Waals surface area contributed by atoms with Crippen LogP contribution < -0.4 is 10.3 Å². The van der Waals surface area contributed by atoms with Gasteiger partial charge in [-0.05, 0) is 80.9 Å². The molecule has 0 bridgehead atoms. The Labute approximate surface area is 231 Å².